The van der Waals surface area contributed by atoms with Crippen LogP contribution in [0.25, 0.3) is 0 Å². The fourth-order valence-corrected chi connectivity index (χ4v) is 0.759. The van der Waals surface area contributed by atoms with Gasteiger partial charge in [-0.3, -0.25) is 0 Å². The van der Waals surface area contributed by atoms with Gasteiger partial charge < -0.3 is 19.3 Å². The SMILES string of the molecule is CCOC(COCC(=O)O)OCC. The highest BCUT2D eigenvalue weighted by atomic mass is 16.7. The molecular weight excluding hydrogens is 176 g/mol. The first-order valence-electron chi connectivity index (χ1n) is 4.23. The lowest BCUT2D eigenvalue weighted by atomic mass is 10.6. The van der Waals surface area contributed by atoms with Gasteiger partial charge in [0.2, 0.25) is 0 Å². The lowest BCUT2D eigenvalue weighted by Crippen LogP contribution is -2.25. The molecule has 0 aliphatic carbocycles. The number of hydrogen-bond acceptors (Lipinski definition) is 4. The van der Waals surface area contributed by atoms with Crippen molar-refractivity contribution in [1.82, 2.24) is 0 Å². The van der Waals surface area contributed by atoms with Gasteiger partial charge in [-0.2, -0.15) is 0 Å². The molecule has 0 rings (SSSR count). The summed E-state index contributed by atoms with van der Waals surface area (Å²) in [7, 11) is 0. The van der Waals surface area contributed by atoms with Crippen LogP contribution >= 0.6 is 0 Å². The van der Waals surface area contributed by atoms with Crippen LogP contribution in [0.5, 0.6) is 0 Å². The monoisotopic (exact) mass is 192 g/mol. The molecule has 13 heavy (non-hydrogen) atoms. The third-order valence-electron chi connectivity index (χ3n) is 1.18. The third-order valence-corrected chi connectivity index (χ3v) is 1.18. The summed E-state index contributed by atoms with van der Waals surface area (Å²) in [6, 6.07) is 0. The minimum Gasteiger partial charge on any atom is -0.480 e. The van der Waals surface area contributed by atoms with Crippen LogP contribution in [0, 0.1) is 0 Å². The van der Waals surface area contributed by atoms with E-state index >= 15 is 0 Å². The molecule has 0 aliphatic heterocycles. The van der Waals surface area contributed by atoms with Crippen molar-refractivity contribution in [3.8, 4) is 0 Å². The van der Waals surface area contributed by atoms with E-state index in [4.69, 9.17) is 19.3 Å². The molecule has 0 heterocycles. The summed E-state index contributed by atoms with van der Waals surface area (Å²) in [5.41, 5.74) is 0. The molecule has 0 amide bonds. The molecule has 0 aliphatic rings. The zero-order valence-corrected chi connectivity index (χ0v) is 7.99. The molecule has 0 aromatic heterocycles. The van der Waals surface area contributed by atoms with E-state index < -0.39 is 12.3 Å². The standard InChI is InChI=1S/C8H16O5/c1-3-12-8(13-4-2)6-11-5-7(9)10/h8H,3-6H2,1-2H3,(H,9,10). The van der Waals surface area contributed by atoms with E-state index in [2.05, 4.69) is 0 Å². The van der Waals surface area contributed by atoms with Gasteiger partial charge >= 0.3 is 5.97 Å². The highest BCUT2D eigenvalue weighted by Gasteiger charge is 2.08. The van der Waals surface area contributed by atoms with Gasteiger partial charge in [0.15, 0.2) is 6.29 Å². The second-order valence-corrected chi connectivity index (χ2v) is 2.25. The molecule has 5 heteroatoms. The average molecular weight is 192 g/mol. The van der Waals surface area contributed by atoms with E-state index in [-0.39, 0.29) is 13.2 Å². The zero-order valence-electron chi connectivity index (χ0n) is 7.99. The van der Waals surface area contributed by atoms with Crippen molar-refractivity contribution in [3.05, 3.63) is 0 Å². The minimum atomic E-state index is -0.994. The number of carbonyl (C=O) groups is 1. The number of carboxylic acids is 1. The summed E-state index contributed by atoms with van der Waals surface area (Å²) in [5.74, 6) is -0.994. The molecule has 0 saturated carbocycles. The maximum atomic E-state index is 10.1. The van der Waals surface area contributed by atoms with Gasteiger partial charge in [-0.05, 0) is 13.8 Å². The Morgan fingerprint density at radius 3 is 2.23 bits per heavy atom. The first-order valence-corrected chi connectivity index (χ1v) is 4.23. The van der Waals surface area contributed by atoms with E-state index in [1.165, 1.54) is 0 Å². The van der Waals surface area contributed by atoms with E-state index in [0.29, 0.717) is 13.2 Å². The average Bonchev–Trinajstić information content (AvgIpc) is 2.04. The van der Waals surface area contributed by atoms with Crippen molar-refractivity contribution >= 4 is 5.97 Å². The van der Waals surface area contributed by atoms with Crippen LogP contribution in [0.15, 0.2) is 0 Å². The van der Waals surface area contributed by atoms with Crippen LogP contribution in [0.1, 0.15) is 13.8 Å². The van der Waals surface area contributed by atoms with Gasteiger partial charge in [0.25, 0.3) is 0 Å². The first-order chi connectivity index (χ1) is 6.20. The number of hydrogen-bond donors (Lipinski definition) is 1. The highest BCUT2D eigenvalue weighted by Crippen LogP contribution is 1.95. The summed E-state index contributed by atoms with van der Waals surface area (Å²) >= 11 is 0. The van der Waals surface area contributed by atoms with Crippen LogP contribution in [0.2, 0.25) is 0 Å². The Morgan fingerprint density at radius 2 is 1.85 bits per heavy atom. The van der Waals surface area contributed by atoms with Gasteiger partial charge in [0.05, 0.1) is 6.61 Å². The van der Waals surface area contributed by atoms with Crippen molar-refractivity contribution in [2.24, 2.45) is 0 Å². The van der Waals surface area contributed by atoms with Crippen molar-refractivity contribution < 1.29 is 24.1 Å². The zero-order chi connectivity index (χ0) is 10.1. The molecule has 78 valence electrons. The Hall–Kier alpha value is -0.650. The highest BCUT2D eigenvalue weighted by molar-refractivity contribution is 5.67. The van der Waals surface area contributed by atoms with E-state index in [0.717, 1.165) is 0 Å². The summed E-state index contributed by atoms with van der Waals surface area (Å²) < 4.78 is 15.1. The van der Waals surface area contributed by atoms with Crippen molar-refractivity contribution in [3.63, 3.8) is 0 Å². The fraction of sp³-hybridized carbons (Fsp3) is 0.875. The Morgan fingerprint density at radius 1 is 1.31 bits per heavy atom. The molecule has 0 aromatic rings. The van der Waals surface area contributed by atoms with Gasteiger partial charge in [-0.15, -0.1) is 0 Å². The Balaban J connectivity index is 3.49. The quantitative estimate of drug-likeness (QED) is 0.567. The summed E-state index contributed by atoms with van der Waals surface area (Å²) in [5, 5.41) is 8.28. The topological polar surface area (TPSA) is 65.0 Å². The van der Waals surface area contributed by atoms with Crippen molar-refractivity contribution in [2.45, 2.75) is 20.1 Å². The van der Waals surface area contributed by atoms with Crippen LogP contribution in [-0.2, 0) is 19.0 Å². The predicted octanol–water partition coefficient (Wildman–Crippen LogP) is 0.487. The molecule has 0 atom stereocenters. The normalized spacial score (nSPS) is 10.7. The van der Waals surface area contributed by atoms with E-state index in [1.54, 1.807) is 0 Å². The largest absolute Gasteiger partial charge is 0.480 e. The molecule has 0 spiro atoms. The van der Waals surface area contributed by atoms with Gasteiger partial charge in [-0.25, -0.2) is 4.79 Å². The number of ether oxygens (including phenoxy) is 3. The molecule has 5 nitrogen and oxygen atoms in total. The molecule has 0 saturated heterocycles. The second-order valence-electron chi connectivity index (χ2n) is 2.25. The van der Waals surface area contributed by atoms with Crippen LogP contribution in [-0.4, -0.2) is 43.8 Å². The van der Waals surface area contributed by atoms with Gasteiger partial charge in [0, 0.05) is 13.2 Å². The summed E-state index contributed by atoms with van der Waals surface area (Å²) in [6.45, 7) is 4.53. The third kappa shape index (κ3) is 7.70. The maximum Gasteiger partial charge on any atom is 0.329 e. The van der Waals surface area contributed by atoms with Crippen molar-refractivity contribution in [2.75, 3.05) is 26.4 Å². The lowest BCUT2D eigenvalue weighted by Gasteiger charge is -2.15. The molecule has 0 unspecified atom stereocenters. The van der Waals surface area contributed by atoms with Gasteiger partial charge in [0.1, 0.15) is 6.61 Å². The smallest absolute Gasteiger partial charge is 0.329 e. The van der Waals surface area contributed by atoms with E-state index in [1.807, 2.05) is 13.8 Å². The number of aliphatic carboxylic acids is 1. The fourth-order valence-electron chi connectivity index (χ4n) is 0.759. The molecule has 0 fully saturated rings. The van der Waals surface area contributed by atoms with E-state index in [9.17, 15) is 4.79 Å². The molecule has 1 N–H and O–H groups in total. The Kier molecular flexibility index (Phi) is 7.57. The molecule has 0 bridgehead atoms. The molecule has 0 aromatic carbocycles. The summed E-state index contributed by atoms with van der Waals surface area (Å²) in [4.78, 5) is 10.1. The van der Waals surface area contributed by atoms with Crippen LogP contribution in [0.3, 0.4) is 0 Å². The molecule has 0 radical (unpaired) electrons. The predicted molar refractivity (Wildman–Crippen MR) is 45.5 cm³/mol. The summed E-state index contributed by atoms with van der Waals surface area (Å²) in [6.07, 6.45) is -0.464. The van der Waals surface area contributed by atoms with Crippen LogP contribution < -0.4 is 0 Å². The maximum absolute atomic E-state index is 10.1. The van der Waals surface area contributed by atoms with Crippen LogP contribution in [0.4, 0.5) is 0 Å². The molecular formula is C8H16O5. The second kappa shape index (κ2) is 7.97. The lowest BCUT2D eigenvalue weighted by molar-refractivity contribution is -0.173. The Bertz CT molecular complexity index is 130. The minimum absolute atomic E-state index is 0.147. The first kappa shape index (κ1) is 12.3. The Labute approximate surface area is 77.6 Å². The number of carboxylic acid groups (broad SMARTS) is 1. The van der Waals surface area contributed by atoms with Gasteiger partial charge in [-0.1, -0.05) is 0 Å². The number of rotatable bonds is 8. The van der Waals surface area contributed by atoms with Crippen molar-refractivity contribution in [1.29, 1.82) is 0 Å².